The van der Waals surface area contributed by atoms with Gasteiger partial charge in [0.1, 0.15) is 6.61 Å². The van der Waals surface area contributed by atoms with Crippen LogP contribution in [0.3, 0.4) is 0 Å². The van der Waals surface area contributed by atoms with E-state index in [1.165, 1.54) is 6.42 Å². The lowest BCUT2D eigenvalue weighted by Gasteiger charge is -2.10. The van der Waals surface area contributed by atoms with E-state index in [4.69, 9.17) is 4.74 Å². The van der Waals surface area contributed by atoms with Gasteiger partial charge in [0.05, 0.1) is 0 Å². The van der Waals surface area contributed by atoms with Gasteiger partial charge in [-0.1, -0.05) is 33.6 Å². The van der Waals surface area contributed by atoms with Crippen LogP contribution in [0, 0.1) is 5.92 Å². The Bertz CT molecular complexity index is 240. The molecular formula is C13H24O5. The van der Waals surface area contributed by atoms with Crippen LogP contribution >= 0.6 is 0 Å². The number of hydrogen-bond acceptors (Lipinski definition) is 5. The quantitative estimate of drug-likeness (QED) is 0.342. The maximum absolute atomic E-state index is 11.1. The van der Waals surface area contributed by atoms with Gasteiger partial charge >= 0.3 is 11.9 Å². The molecule has 18 heavy (non-hydrogen) atoms. The average molecular weight is 260 g/mol. The number of esters is 2. The summed E-state index contributed by atoms with van der Waals surface area (Å²) in [6.45, 7) is 6.10. The third kappa shape index (κ3) is 10.1. The van der Waals surface area contributed by atoms with E-state index in [-0.39, 0.29) is 19.8 Å². The van der Waals surface area contributed by atoms with Crippen molar-refractivity contribution in [3.63, 3.8) is 0 Å². The maximum atomic E-state index is 11.1. The summed E-state index contributed by atoms with van der Waals surface area (Å²) in [4.78, 5) is 21.9. The summed E-state index contributed by atoms with van der Waals surface area (Å²) < 4.78 is 14.4. The van der Waals surface area contributed by atoms with Crippen LogP contribution in [0.1, 0.15) is 46.5 Å². The van der Waals surface area contributed by atoms with E-state index in [9.17, 15) is 9.59 Å². The second-order valence-electron chi connectivity index (χ2n) is 4.24. The van der Waals surface area contributed by atoms with Crippen LogP contribution in [0.4, 0.5) is 0 Å². The Morgan fingerprint density at radius 1 is 1.06 bits per heavy atom. The largest absolute Gasteiger partial charge is 0.428 e. The van der Waals surface area contributed by atoms with E-state index < -0.39 is 11.9 Å². The average Bonchev–Trinajstić information content (AvgIpc) is 2.34. The van der Waals surface area contributed by atoms with E-state index in [0.717, 1.165) is 12.8 Å². The van der Waals surface area contributed by atoms with Gasteiger partial charge in [0.15, 0.2) is 0 Å². The smallest absolute Gasteiger partial charge is 0.334 e. The van der Waals surface area contributed by atoms with Gasteiger partial charge in [-0.05, 0) is 12.3 Å². The predicted octanol–water partition coefficient (Wildman–Crippen LogP) is 2.28. The SMILES string of the molecule is CCCC(C)CCOCC(=O)OCOC(=O)CC. The fourth-order valence-corrected chi connectivity index (χ4v) is 1.38. The molecule has 0 saturated carbocycles. The third-order valence-corrected chi connectivity index (χ3v) is 2.48. The van der Waals surface area contributed by atoms with Crippen molar-refractivity contribution in [2.75, 3.05) is 20.0 Å². The van der Waals surface area contributed by atoms with Gasteiger partial charge in [-0.25, -0.2) is 4.79 Å². The van der Waals surface area contributed by atoms with Crippen LogP contribution in [0.5, 0.6) is 0 Å². The van der Waals surface area contributed by atoms with Crippen molar-refractivity contribution >= 4 is 11.9 Å². The molecule has 0 aliphatic carbocycles. The molecule has 0 aliphatic heterocycles. The van der Waals surface area contributed by atoms with Crippen molar-refractivity contribution in [3.05, 3.63) is 0 Å². The van der Waals surface area contributed by atoms with Crippen molar-refractivity contribution in [3.8, 4) is 0 Å². The standard InChI is InChI=1S/C13H24O5/c1-4-6-11(3)7-8-16-9-13(15)18-10-17-12(14)5-2/h11H,4-10H2,1-3H3. The van der Waals surface area contributed by atoms with E-state index >= 15 is 0 Å². The zero-order chi connectivity index (χ0) is 13.8. The normalized spacial score (nSPS) is 11.9. The number of rotatable bonds is 10. The van der Waals surface area contributed by atoms with Crippen molar-refractivity contribution in [2.24, 2.45) is 5.92 Å². The second kappa shape index (κ2) is 11.0. The molecule has 106 valence electrons. The van der Waals surface area contributed by atoms with Gasteiger partial charge in [0, 0.05) is 13.0 Å². The van der Waals surface area contributed by atoms with Crippen LogP contribution in [-0.4, -0.2) is 31.9 Å². The molecule has 0 aliphatic rings. The fourth-order valence-electron chi connectivity index (χ4n) is 1.38. The highest BCUT2D eigenvalue weighted by Gasteiger charge is 2.06. The molecule has 0 spiro atoms. The minimum absolute atomic E-state index is 0.0947. The first-order chi connectivity index (χ1) is 8.60. The first-order valence-electron chi connectivity index (χ1n) is 6.49. The number of carbonyl (C=O) groups excluding carboxylic acids is 2. The Hall–Kier alpha value is -1.10. The summed E-state index contributed by atoms with van der Waals surface area (Å²) in [5.41, 5.74) is 0. The van der Waals surface area contributed by atoms with Crippen molar-refractivity contribution < 1.29 is 23.8 Å². The molecule has 0 N–H and O–H groups in total. The molecule has 0 saturated heterocycles. The Morgan fingerprint density at radius 2 is 1.72 bits per heavy atom. The van der Waals surface area contributed by atoms with Crippen molar-refractivity contribution in [1.29, 1.82) is 0 Å². The molecule has 0 aromatic rings. The topological polar surface area (TPSA) is 61.8 Å². The lowest BCUT2D eigenvalue weighted by molar-refractivity contribution is -0.170. The number of ether oxygens (including phenoxy) is 3. The first kappa shape index (κ1) is 16.9. The summed E-state index contributed by atoms with van der Waals surface area (Å²) in [6.07, 6.45) is 3.53. The highest BCUT2D eigenvalue weighted by Crippen LogP contribution is 2.09. The summed E-state index contributed by atoms with van der Waals surface area (Å²) in [5.74, 6) is -0.296. The van der Waals surface area contributed by atoms with Gasteiger partial charge in [-0.15, -0.1) is 0 Å². The van der Waals surface area contributed by atoms with E-state index in [2.05, 4.69) is 23.3 Å². The molecule has 1 atom stereocenters. The molecule has 0 heterocycles. The van der Waals surface area contributed by atoms with E-state index in [0.29, 0.717) is 12.5 Å². The highest BCUT2D eigenvalue weighted by atomic mass is 16.7. The van der Waals surface area contributed by atoms with Gasteiger partial charge in [0.2, 0.25) is 6.79 Å². The maximum Gasteiger partial charge on any atom is 0.334 e. The van der Waals surface area contributed by atoms with Crippen molar-refractivity contribution in [1.82, 2.24) is 0 Å². The zero-order valence-corrected chi connectivity index (χ0v) is 11.6. The monoisotopic (exact) mass is 260 g/mol. The van der Waals surface area contributed by atoms with Crippen LogP contribution in [-0.2, 0) is 23.8 Å². The summed E-state index contributed by atoms with van der Waals surface area (Å²) in [5, 5.41) is 0. The lowest BCUT2D eigenvalue weighted by Crippen LogP contribution is -2.17. The first-order valence-corrected chi connectivity index (χ1v) is 6.49. The van der Waals surface area contributed by atoms with Gasteiger partial charge in [-0.3, -0.25) is 4.79 Å². The Balaban J connectivity index is 3.39. The minimum atomic E-state index is -0.512. The summed E-state index contributed by atoms with van der Waals surface area (Å²) in [6, 6.07) is 0. The van der Waals surface area contributed by atoms with Crippen LogP contribution in [0.2, 0.25) is 0 Å². The number of carbonyl (C=O) groups is 2. The van der Waals surface area contributed by atoms with Gasteiger partial charge in [-0.2, -0.15) is 0 Å². The summed E-state index contributed by atoms with van der Waals surface area (Å²) >= 11 is 0. The molecule has 0 fully saturated rings. The molecule has 0 aromatic carbocycles. The van der Waals surface area contributed by atoms with E-state index in [1.807, 2.05) is 0 Å². The molecule has 5 nitrogen and oxygen atoms in total. The van der Waals surface area contributed by atoms with Crippen LogP contribution in [0.25, 0.3) is 0 Å². The zero-order valence-electron chi connectivity index (χ0n) is 11.6. The molecule has 0 amide bonds. The molecule has 1 unspecified atom stereocenters. The summed E-state index contributed by atoms with van der Waals surface area (Å²) in [7, 11) is 0. The Labute approximate surface area is 109 Å². The highest BCUT2D eigenvalue weighted by molar-refractivity contribution is 5.71. The third-order valence-electron chi connectivity index (χ3n) is 2.48. The molecule has 0 radical (unpaired) electrons. The second-order valence-corrected chi connectivity index (χ2v) is 4.24. The molecule has 5 heteroatoms. The van der Waals surface area contributed by atoms with Crippen LogP contribution in [0.15, 0.2) is 0 Å². The molecule has 0 aromatic heterocycles. The Kier molecular flexibility index (Phi) is 10.3. The number of hydrogen-bond donors (Lipinski definition) is 0. The fraction of sp³-hybridized carbons (Fsp3) is 0.846. The predicted molar refractivity (Wildman–Crippen MR) is 66.9 cm³/mol. The van der Waals surface area contributed by atoms with Crippen molar-refractivity contribution in [2.45, 2.75) is 46.5 Å². The minimum Gasteiger partial charge on any atom is -0.428 e. The molecule has 0 bridgehead atoms. The van der Waals surface area contributed by atoms with Gasteiger partial charge < -0.3 is 14.2 Å². The Morgan fingerprint density at radius 3 is 2.33 bits per heavy atom. The lowest BCUT2D eigenvalue weighted by atomic mass is 10.0. The van der Waals surface area contributed by atoms with Crippen LogP contribution < -0.4 is 0 Å². The molecular weight excluding hydrogens is 236 g/mol. The van der Waals surface area contributed by atoms with Gasteiger partial charge in [0.25, 0.3) is 0 Å². The molecule has 0 rings (SSSR count). The van der Waals surface area contributed by atoms with E-state index in [1.54, 1.807) is 6.92 Å².